The van der Waals surface area contributed by atoms with Crippen LogP contribution in [0.2, 0.25) is 0 Å². The Balaban J connectivity index is 1.68. The summed E-state index contributed by atoms with van der Waals surface area (Å²) in [5, 5.41) is 0. The molecule has 1 atom stereocenters. The van der Waals surface area contributed by atoms with E-state index in [1.807, 2.05) is 0 Å². The van der Waals surface area contributed by atoms with Crippen molar-refractivity contribution in [3.8, 4) is 0 Å². The number of hydrogen-bond donors (Lipinski definition) is 1. The molecule has 3 nitrogen and oxygen atoms in total. The van der Waals surface area contributed by atoms with E-state index in [2.05, 4.69) is 0 Å². The van der Waals surface area contributed by atoms with E-state index in [4.69, 9.17) is 10.5 Å². The fraction of sp³-hybridized carbons (Fsp3) is 0.929. The molecular weight excluding hydrogens is 214 g/mol. The van der Waals surface area contributed by atoms with Gasteiger partial charge in [-0.2, -0.15) is 0 Å². The lowest BCUT2D eigenvalue weighted by molar-refractivity contribution is -0.144. The minimum Gasteiger partial charge on any atom is -0.375 e. The van der Waals surface area contributed by atoms with Crippen molar-refractivity contribution in [3.05, 3.63) is 0 Å². The molecule has 2 aliphatic carbocycles. The van der Waals surface area contributed by atoms with Gasteiger partial charge in [-0.15, -0.1) is 0 Å². The van der Waals surface area contributed by atoms with Crippen LogP contribution in [0.4, 0.5) is 0 Å². The minimum atomic E-state index is -0.447. The molecule has 0 aromatic carbocycles. The van der Waals surface area contributed by atoms with Gasteiger partial charge in [0.2, 0.25) is 0 Å². The van der Waals surface area contributed by atoms with Crippen molar-refractivity contribution < 1.29 is 9.53 Å². The molecule has 0 radical (unpaired) electrons. The zero-order chi connectivity index (χ0) is 11.9. The number of carbonyl (C=O) groups excluding carboxylic acids is 1. The maximum absolute atomic E-state index is 12.3. The summed E-state index contributed by atoms with van der Waals surface area (Å²) < 4.78 is 6.03. The van der Waals surface area contributed by atoms with Crippen LogP contribution in [-0.2, 0) is 9.53 Å². The third-order valence-electron chi connectivity index (χ3n) is 4.91. The second-order valence-corrected chi connectivity index (χ2v) is 6.30. The largest absolute Gasteiger partial charge is 0.375 e. The van der Waals surface area contributed by atoms with Gasteiger partial charge in [-0.1, -0.05) is 19.3 Å². The van der Waals surface area contributed by atoms with Crippen LogP contribution in [0, 0.1) is 5.92 Å². The van der Waals surface area contributed by atoms with E-state index >= 15 is 0 Å². The van der Waals surface area contributed by atoms with E-state index in [1.54, 1.807) is 0 Å². The molecule has 2 saturated carbocycles. The first-order valence-electron chi connectivity index (χ1n) is 7.11. The van der Waals surface area contributed by atoms with Crippen LogP contribution in [-0.4, -0.2) is 23.5 Å². The predicted octanol–water partition coefficient (Wildman–Crippen LogP) is 2.18. The van der Waals surface area contributed by atoms with Gasteiger partial charge in [-0.3, -0.25) is 4.79 Å². The number of ether oxygens (including phenoxy) is 1. The highest BCUT2D eigenvalue weighted by Gasteiger charge is 2.51. The van der Waals surface area contributed by atoms with Crippen molar-refractivity contribution in [1.82, 2.24) is 0 Å². The molecule has 1 heterocycles. The molecule has 3 rings (SSSR count). The SMILES string of the molecule is NC1(C(=O)C2CCOC3(CCCCC3)C2)CC1. The minimum absolute atomic E-state index is 0.0298. The summed E-state index contributed by atoms with van der Waals surface area (Å²) in [6.07, 6.45) is 9.76. The smallest absolute Gasteiger partial charge is 0.155 e. The van der Waals surface area contributed by atoms with Crippen LogP contribution in [0.25, 0.3) is 0 Å². The molecule has 0 bridgehead atoms. The molecule has 3 heteroatoms. The maximum Gasteiger partial charge on any atom is 0.155 e. The number of carbonyl (C=O) groups is 1. The van der Waals surface area contributed by atoms with Crippen LogP contribution in [0.15, 0.2) is 0 Å². The first-order chi connectivity index (χ1) is 8.14. The third-order valence-corrected chi connectivity index (χ3v) is 4.91. The molecule has 3 fully saturated rings. The van der Waals surface area contributed by atoms with E-state index in [1.165, 1.54) is 19.3 Å². The number of ketones is 1. The molecule has 0 aromatic rings. The molecule has 1 aliphatic heterocycles. The Labute approximate surface area is 103 Å². The van der Waals surface area contributed by atoms with Crippen molar-refractivity contribution in [1.29, 1.82) is 0 Å². The third kappa shape index (κ3) is 2.15. The van der Waals surface area contributed by atoms with Gasteiger partial charge in [-0.25, -0.2) is 0 Å². The molecule has 1 unspecified atom stereocenters. The van der Waals surface area contributed by atoms with Crippen LogP contribution in [0.5, 0.6) is 0 Å². The van der Waals surface area contributed by atoms with Gasteiger partial charge in [0, 0.05) is 12.5 Å². The average molecular weight is 237 g/mol. The highest BCUT2D eigenvalue weighted by atomic mass is 16.5. The second kappa shape index (κ2) is 4.06. The molecule has 0 amide bonds. The van der Waals surface area contributed by atoms with Gasteiger partial charge in [0.05, 0.1) is 11.1 Å². The number of hydrogen-bond acceptors (Lipinski definition) is 3. The molecule has 2 N–H and O–H groups in total. The fourth-order valence-electron chi connectivity index (χ4n) is 3.58. The van der Waals surface area contributed by atoms with Crippen molar-refractivity contribution in [3.63, 3.8) is 0 Å². The summed E-state index contributed by atoms with van der Waals surface area (Å²) in [6.45, 7) is 0.756. The van der Waals surface area contributed by atoms with E-state index < -0.39 is 5.54 Å². The zero-order valence-electron chi connectivity index (χ0n) is 10.5. The first-order valence-corrected chi connectivity index (χ1v) is 7.11. The predicted molar refractivity (Wildman–Crippen MR) is 65.7 cm³/mol. The lowest BCUT2D eigenvalue weighted by Gasteiger charge is -2.43. The van der Waals surface area contributed by atoms with E-state index in [9.17, 15) is 4.79 Å². The van der Waals surface area contributed by atoms with Crippen LogP contribution in [0.1, 0.15) is 57.8 Å². The van der Waals surface area contributed by atoms with E-state index in [-0.39, 0.29) is 11.5 Å². The topological polar surface area (TPSA) is 52.3 Å². The monoisotopic (exact) mass is 237 g/mol. The van der Waals surface area contributed by atoms with Gasteiger partial charge in [0.1, 0.15) is 0 Å². The van der Waals surface area contributed by atoms with Gasteiger partial charge in [-0.05, 0) is 38.5 Å². The first kappa shape index (κ1) is 11.7. The van der Waals surface area contributed by atoms with Gasteiger partial charge >= 0.3 is 0 Å². The summed E-state index contributed by atoms with van der Waals surface area (Å²) in [5.41, 5.74) is 5.63. The van der Waals surface area contributed by atoms with Crippen LogP contribution >= 0.6 is 0 Å². The fourth-order valence-corrected chi connectivity index (χ4v) is 3.58. The van der Waals surface area contributed by atoms with Crippen molar-refractivity contribution >= 4 is 5.78 Å². The number of nitrogens with two attached hydrogens (primary N) is 1. The van der Waals surface area contributed by atoms with Gasteiger partial charge < -0.3 is 10.5 Å². The highest BCUT2D eigenvalue weighted by Crippen LogP contribution is 2.44. The quantitative estimate of drug-likeness (QED) is 0.801. The molecular formula is C14H23NO2. The van der Waals surface area contributed by atoms with Crippen molar-refractivity contribution in [2.45, 2.75) is 68.9 Å². The Morgan fingerprint density at radius 3 is 2.47 bits per heavy atom. The van der Waals surface area contributed by atoms with E-state index in [0.717, 1.165) is 45.1 Å². The van der Waals surface area contributed by atoms with Crippen molar-refractivity contribution in [2.24, 2.45) is 11.7 Å². The second-order valence-electron chi connectivity index (χ2n) is 6.30. The van der Waals surface area contributed by atoms with Crippen LogP contribution < -0.4 is 5.73 Å². The standard InChI is InChI=1S/C14H23NO2/c15-14(7-8-14)12(16)11-4-9-17-13(10-11)5-2-1-3-6-13/h11H,1-10,15H2. The number of rotatable bonds is 2. The maximum atomic E-state index is 12.3. The summed E-state index contributed by atoms with van der Waals surface area (Å²) in [6, 6.07) is 0. The summed E-state index contributed by atoms with van der Waals surface area (Å²) in [7, 11) is 0. The normalized spacial score (nSPS) is 34.5. The molecule has 0 aromatic heterocycles. The van der Waals surface area contributed by atoms with Crippen LogP contribution in [0.3, 0.4) is 0 Å². The van der Waals surface area contributed by atoms with Crippen molar-refractivity contribution in [2.75, 3.05) is 6.61 Å². The Kier molecular flexibility index (Phi) is 2.79. The summed E-state index contributed by atoms with van der Waals surface area (Å²) in [4.78, 5) is 12.3. The Morgan fingerprint density at radius 2 is 1.82 bits per heavy atom. The summed E-state index contributed by atoms with van der Waals surface area (Å²) >= 11 is 0. The lowest BCUT2D eigenvalue weighted by Crippen LogP contribution is -2.47. The van der Waals surface area contributed by atoms with Gasteiger partial charge in [0.25, 0.3) is 0 Å². The average Bonchev–Trinajstić information content (AvgIpc) is 3.09. The molecule has 1 spiro atoms. The molecule has 17 heavy (non-hydrogen) atoms. The Hall–Kier alpha value is -0.410. The number of Topliss-reactive ketones (excluding diaryl/α,β-unsaturated/α-hetero) is 1. The molecule has 1 saturated heterocycles. The Bertz CT molecular complexity index is 311. The summed E-state index contributed by atoms with van der Waals surface area (Å²) in [5.74, 6) is 0.500. The van der Waals surface area contributed by atoms with Gasteiger partial charge in [0.15, 0.2) is 5.78 Å². The molecule has 96 valence electrons. The highest BCUT2D eigenvalue weighted by molar-refractivity contribution is 5.93. The molecule has 3 aliphatic rings. The zero-order valence-corrected chi connectivity index (χ0v) is 10.5. The van der Waals surface area contributed by atoms with E-state index in [0.29, 0.717) is 5.78 Å². The lowest BCUT2D eigenvalue weighted by atomic mass is 9.74. The Morgan fingerprint density at radius 1 is 1.12 bits per heavy atom.